The molecular weight excluding hydrogens is 271 g/mol. The van der Waals surface area contributed by atoms with Crippen molar-refractivity contribution < 1.29 is 9.18 Å². The summed E-state index contributed by atoms with van der Waals surface area (Å²) in [4.78, 5) is 17.4. The molecule has 1 heterocycles. The first-order valence-electron chi connectivity index (χ1n) is 5.23. The molecule has 0 fully saturated rings. The third kappa shape index (κ3) is 2.88. The molecule has 1 aromatic carbocycles. The Kier molecular flexibility index (Phi) is 3.98. The zero-order chi connectivity index (χ0) is 13.1. The van der Waals surface area contributed by atoms with Gasteiger partial charge < -0.3 is 5.32 Å². The van der Waals surface area contributed by atoms with E-state index in [1.165, 1.54) is 29.5 Å². The molecule has 0 aliphatic rings. The van der Waals surface area contributed by atoms with Crippen LogP contribution in [0, 0.1) is 12.7 Å². The number of hydrogen-bond acceptors (Lipinski definition) is 4. The van der Waals surface area contributed by atoms with E-state index in [1.807, 2.05) is 6.92 Å². The normalized spacial score (nSPS) is 10.4. The van der Waals surface area contributed by atoms with E-state index >= 15 is 0 Å². The average molecular weight is 282 g/mol. The van der Waals surface area contributed by atoms with E-state index in [9.17, 15) is 9.18 Å². The van der Waals surface area contributed by atoms with Crippen LogP contribution in [0.5, 0.6) is 0 Å². The van der Waals surface area contributed by atoms with Crippen LogP contribution in [0.15, 0.2) is 28.6 Å². The van der Waals surface area contributed by atoms with Crippen LogP contribution < -0.4 is 5.32 Å². The van der Waals surface area contributed by atoms with Crippen LogP contribution in [0.2, 0.25) is 0 Å². The second-order valence-electron chi connectivity index (χ2n) is 3.71. The number of nitrogens with one attached hydrogen (secondary N) is 1. The predicted molar refractivity (Wildman–Crippen MR) is 71.7 cm³/mol. The van der Waals surface area contributed by atoms with E-state index < -0.39 is 11.7 Å². The fourth-order valence-corrected chi connectivity index (χ4v) is 2.36. The summed E-state index contributed by atoms with van der Waals surface area (Å²) >= 11 is 5.55. The van der Waals surface area contributed by atoms with Crippen molar-refractivity contribution in [2.24, 2.45) is 0 Å². The molecule has 1 N–H and O–H groups in total. The number of carbonyl (C=O) groups excluding carboxylic acids is 1. The number of benzene rings is 1. The Bertz CT molecular complexity index is 583. The SMILES string of the molecule is Cc1ncsc1CNC(=O)c1cc(S)ccc1F. The largest absolute Gasteiger partial charge is 0.347 e. The molecule has 1 amide bonds. The molecule has 6 heteroatoms. The highest BCUT2D eigenvalue weighted by atomic mass is 32.1. The summed E-state index contributed by atoms with van der Waals surface area (Å²) in [6.45, 7) is 2.22. The number of amides is 1. The first-order valence-corrected chi connectivity index (χ1v) is 6.56. The number of thiazole rings is 1. The quantitative estimate of drug-likeness (QED) is 0.850. The van der Waals surface area contributed by atoms with Gasteiger partial charge in [0.15, 0.2) is 0 Å². The Morgan fingerprint density at radius 1 is 1.56 bits per heavy atom. The average Bonchev–Trinajstić information content (AvgIpc) is 2.75. The Balaban J connectivity index is 2.08. The minimum Gasteiger partial charge on any atom is -0.347 e. The third-order valence-electron chi connectivity index (χ3n) is 2.45. The molecule has 0 bridgehead atoms. The van der Waals surface area contributed by atoms with Crippen LogP contribution >= 0.6 is 24.0 Å². The molecule has 0 aliphatic carbocycles. The lowest BCUT2D eigenvalue weighted by molar-refractivity contribution is 0.0947. The molecule has 94 valence electrons. The van der Waals surface area contributed by atoms with Gasteiger partial charge >= 0.3 is 0 Å². The predicted octanol–water partition coefficient (Wildman–Crippen LogP) is 2.81. The summed E-state index contributed by atoms with van der Waals surface area (Å²) in [5.41, 5.74) is 2.60. The van der Waals surface area contributed by atoms with Gasteiger partial charge in [0.25, 0.3) is 5.91 Å². The third-order valence-corrected chi connectivity index (χ3v) is 3.66. The van der Waals surface area contributed by atoms with Gasteiger partial charge in [0.05, 0.1) is 23.3 Å². The van der Waals surface area contributed by atoms with E-state index in [4.69, 9.17) is 0 Å². The Morgan fingerprint density at radius 3 is 3.00 bits per heavy atom. The number of carbonyl (C=O) groups is 1. The van der Waals surface area contributed by atoms with Crippen LogP contribution in [0.25, 0.3) is 0 Å². The van der Waals surface area contributed by atoms with Gasteiger partial charge in [-0.1, -0.05) is 0 Å². The fourth-order valence-electron chi connectivity index (χ4n) is 1.44. The minimum absolute atomic E-state index is 0.00432. The van der Waals surface area contributed by atoms with Gasteiger partial charge in [-0.3, -0.25) is 4.79 Å². The number of rotatable bonds is 3. The first-order chi connectivity index (χ1) is 8.58. The van der Waals surface area contributed by atoms with Crippen molar-refractivity contribution >= 4 is 29.9 Å². The molecule has 3 nitrogen and oxygen atoms in total. The molecule has 0 unspecified atom stereocenters. The standard InChI is InChI=1S/C12H11FN2OS2/c1-7-11(18-6-15-7)5-14-12(16)9-4-8(17)2-3-10(9)13/h2-4,6,17H,5H2,1H3,(H,14,16). The maximum absolute atomic E-state index is 13.5. The van der Waals surface area contributed by atoms with E-state index in [0.717, 1.165) is 10.6 Å². The Hall–Kier alpha value is -1.40. The van der Waals surface area contributed by atoms with Crippen LogP contribution in [-0.4, -0.2) is 10.9 Å². The fraction of sp³-hybridized carbons (Fsp3) is 0.167. The van der Waals surface area contributed by atoms with Gasteiger partial charge in [0, 0.05) is 9.77 Å². The molecule has 2 rings (SSSR count). The summed E-state index contributed by atoms with van der Waals surface area (Å²) in [7, 11) is 0. The molecule has 0 saturated heterocycles. The lowest BCUT2D eigenvalue weighted by Crippen LogP contribution is -2.23. The van der Waals surface area contributed by atoms with Crippen molar-refractivity contribution in [3.8, 4) is 0 Å². The van der Waals surface area contributed by atoms with Crippen molar-refractivity contribution in [3.05, 3.63) is 45.7 Å². The van der Waals surface area contributed by atoms with Crippen molar-refractivity contribution in [2.75, 3.05) is 0 Å². The molecule has 1 aromatic heterocycles. The van der Waals surface area contributed by atoms with Gasteiger partial charge in [0.1, 0.15) is 5.82 Å². The van der Waals surface area contributed by atoms with E-state index in [1.54, 1.807) is 5.51 Å². The summed E-state index contributed by atoms with van der Waals surface area (Å²) in [5, 5.41) is 2.67. The molecule has 0 saturated carbocycles. The van der Waals surface area contributed by atoms with Crippen molar-refractivity contribution in [2.45, 2.75) is 18.4 Å². The van der Waals surface area contributed by atoms with Gasteiger partial charge in [-0.15, -0.1) is 24.0 Å². The zero-order valence-corrected chi connectivity index (χ0v) is 11.3. The molecule has 2 aromatic rings. The molecule has 0 aliphatic heterocycles. The summed E-state index contributed by atoms with van der Waals surface area (Å²) in [6.07, 6.45) is 0. The first kappa shape index (κ1) is 13.0. The monoisotopic (exact) mass is 282 g/mol. The number of hydrogen-bond donors (Lipinski definition) is 2. The van der Waals surface area contributed by atoms with Crippen molar-refractivity contribution in [1.82, 2.24) is 10.3 Å². The topological polar surface area (TPSA) is 42.0 Å². The number of aromatic nitrogens is 1. The maximum atomic E-state index is 13.5. The zero-order valence-electron chi connectivity index (χ0n) is 9.61. The number of aryl methyl sites for hydroxylation is 1. The van der Waals surface area contributed by atoms with E-state index in [0.29, 0.717) is 11.4 Å². The summed E-state index contributed by atoms with van der Waals surface area (Å²) in [5.74, 6) is -0.998. The second kappa shape index (κ2) is 5.49. The molecule has 0 spiro atoms. The lowest BCUT2D eigenvalue weighted by Gasteiger charge is -2.06. The minimum atomic E-state index is -0.550. The maximum Gasteiger partial charge on any atom is 0.254 e. The van der Waals surface area contributed by atoms with Crippen LogP contribution in [0.1, 0.15) is 20.9 Å². The smallest absolute Gasteiger partial charge is 0.254 e. The van der Waals surface area contributed by atoms with E-state index in [-0.39, 0.29) is 5.56 Å². The summed E-state index contributed by atoms with van der Waals surface area (Å²) < 4.78 is 13.5. The lowest BCUT2D eigenvalue weighted by atomic mass is 10.2. The van der Waals surface area contributed by atoms with E-state index in [2.05, 4.69) is 22.9 Å². The second-order valence-corrected chi connectivity index (χ2v) is 5.16. The molecular formula is C12H11FN2OS2. The van der Waals surface area contributed by atoms with Crippen molar-refractivity contribution in [1.29, 1.82) is 0 Å². The van der Waals surface area contributed by atoms with Gasteiger partial charge in [-0.25, -0.2) is 9.37 Å². The van der Waals surface area contributed by atoms with Crippen LogP contribution in [0.3, 0.4) is 0 Å². The highest BCUT2D eigenvalue weighted by molar-refractivity contribution is 7.80. The Labute approximate surface area is 113 Å². The highest BCUT2D eigenvalue weighted by Gasteiger charge is 2.12. The Morgan fingerprint density at radius 2 is 2.33 bits per heavy atom. The van der Waals surface area contributed by atoms with Gasteiger partial charge in [-0.05, 0) is 25.1 Å². The molecule has 0 atom stereocenters. The summed E-state index contributed by atoms with van der Waals surface area (Å²) in [6, 6.07) is 4.14. The van der Waals surface area contributed by atoms with Gasteiger partial charge in [0.2, 0.25) is 0 Å². The highest BCUT2D eigenvalue weighted by Crippen LogP contribution is 2.15. The number of thiol groups is 1. The van der Waals surface area contributed by atoms with Crippen molar-refractivity contribution in [3.63, 3.8) is 0 Å². The molecule has 18 heavy (non-hydrogen) atoms. The molecule has 0 radical (unpaired) electrons. The number of nitrogens with zero attached hydrogens (tertiary/aromatic N) is 1. The van der Waals surface area contributed by atoms with Gasteiger partial charge in [-0.2, -0.15) is 0 Å². The number of halogens is 1. The van der Waals surface area contributed by atoms with Crippen LogP contribution in [0.4, 0.5) is 4.39 Å². The van der Waals surface area contributed by atoms with Crippen LogP contribution in [-0.2, 0) is 6.54 Å².